The summed E-state index contributed by atoms with van der Waals surface area (Å²) < 4.78 is 0. The van der Waals surface area contributed by atoms with Crippen LogP contribution in [0.15, 0.2) is 46.2 Å². The first kappa shape index (κ1) is 12.9. The number of thiophene rings is 1. The molecule has 96 valence electrons. The lowest BCUT2D eigenvalue weighted by Gasteiger charge is -2.00. The van der Waals surface area contributed by atoms with Crippen LogP contribution in [-0.2, 0) is 0 Å². The van der Waals surface area contributed by atoms with Crippen molar-refractivity contribution in [1.29, 1.82) is 0 Å². The number of para-hydroxylation sites is 1. The van der Waals surface area contributed by atoms with Gasteiger partial charge in [-0.3, -0.25) is 14.9 Å². The Bertz CT molecular complexity index is 623. The van der Waals surface area contributed by atoms with E-state index < -0.39 is 10.8 Å². The van der Waals surface area contributed by atoms with E-state index in [9.17, 15) is 14.9 Å². The van der Waals surface area contributed by atoms with Gasteiger partial charge in [0.25, 0.3) is 11.6 Å². The highest BCUT2D eigenvalue weighted by atomic mass is 32.1. The molecule has 0 aliphatic carbocycles. The second-order valence-electron chi connectivity index (χ2n) is 3.53. The Morgan fingerprint density at radius 3 is 2.84 bits per heavy atom. The van der Waals surface area contributed by atoms with Crippen LogP contribution in [0.3, 0.4) is 0 Å². The zero-order chi connectivity index (χ0) is 13.7. The smallest absolute Gasteiger partial charge is 0.267 e. The SMILES string of the molecule is O=C(N/N=C\c1ccsc1)c1ccccc1[N+](=O)[O-]. The molecule has 6 nitrogen and oxygen atoms in total. The summed E-state index contributed by atoms with van der Waals surface area (Å²) >= 11 is 1.51. The number of hydrogen-bond donors (Lipinski definition) is 1. The second-order valence-corrected chi connectivity index (χ2v) is 4.31. The highest BCUT2D eigenvalue weighted by Gasteiger charge is 2.18. The van der Waals surface area contributed by atoms with Crippen LogP contribution in [0.5, 0.6) is 0 Å². The maximum atomic E-state index is 11.8. The van der Waals surface area contributed by atoms with Crippen LogP contribution < -0.4 is 5.43 Å². The van der Waals surface area contributed by atoms with Crippen LogP contribution in [0, 0.1) is 10.1 Å². The molecule has 0 unspecified atom stereocenters. The summed E-state index contributed by atoms with van der Waals surface area (Å²) in [6.07, 6.45) is 1.48. The summed E-state index contributed by atoms with van der Waals surface area (Å²) in [7, 11) is 0. The zero-order valence-corrected chi connectivity index (χ0v) is 10.5. The van der Waals surface area contributed by atoms with E-state index in [0.29, 0.717) is 0 Å². The number of nitro benzene ring substituents is 1. The molecular weight excluding hydrogens is 266 g/mol. The first-order chi connectivity index (χ1) is 9.18. The minimum absolute atomic E-state index is 0.0185. The molecule has 0 saturated carbocycles. The first-order valence-electron chi connectivity index (χ1n) is 5.27. The van der Waals surface area contributed by atoms with Crippen molar-refractivity contribution in [3.8, 4) is 0 Å². The van der Waals surface area contributed by atoms with E-state index in [-0.39, 0.29) is 11.3 Å². The van der Waals surface area contributed by atoms with E-state index >= 15 is 0 Å². The predicted octanol–water partition coefficient (Wildman–Crippen LogP) is 2.42. The highest BCUT2D eigenvalue weighted by molar-refractivity contribution is 7.08. The number of hydrazone groups is 1. The summed E-state index contributed by atoms with van der Waals surface area (Å²) in [6.45, 7) is 0. The standard InChI is InChI=1S/C12H9N3O3S/c16-12(14-13-7-9-5-6-19-8-9)10-3-1-2-4-11(10)15(17)18/h1-8H,(H,14,16)/b13-7-. The number of nitrogens with zero attached hydrogens (tertiary/aromatic N) is 2. The number of benzene rings is 1. The Hall–Kier alpha value is -2.54. The largest absolute Gasteiger partial charge is 0.282 e. The Labute approximate surface area is 112 Å². The van der Waals surface area contributed by atoms with Crippen LogP contribution in [0.4, 0.5) is 5.69 Å². The van der Waals surface area contributed by atoms with Crippen molar-refractivity contribution >= 4 is 29.1 Å². The summed E-state index contributed by atoms with van der Waals surface area (Å²) in [5.41, 5.74) is 2.85. The molecule has 1 heterocycles. The molecule has 0 aliphatic rings. The highest BCUT2D eigenvalue weighted by Crippen LogP contribution is 2.17. The Balaban J connectivity index is 2.10. The van der Waals surface area contributed by atoms with Gasteiger partial charge < -0.3 is 0 Å². The van der Waals surface area contributed by atoms with Crippen LogP contribution in [0.25, 0.3) is 0 Å². The first-order valence-corrected chi connectivity index (χ1v) is 6.22. The van der Waals surface area contributed by atoms with E-state index in [1.165, 1.54) is 35.8 Å². The maximum Gasteiger partial charge on any atom is 0.282 e. The van der Waals surface area contributed by atoms with Gasteiger partial charge in [-0.1, -0.05) is 12.1 Å². The summed E-state index contributed by atoms with van der Waals surface area (Å²) in [5, 5.41) is 18.3. The number of nitro groups is 1. The third-order valence-electron chi connectivity index (χ3n) is 2.27. The summed E-state index contributed by atoms with van der Waals surface area (Å²) in [5.74, 6) is -0.612. The van der Waals surface area contributed by atoms with Crippen molar-refractivity contribution in [3.63, 3.8) is 0 Å². The predicted molar refractivity (Wildman–Crippen MR) is 72.5 cm³/mol. The van der Waals surface area contributed by atoms with Crippen molar-refractivity contribution in [2.75, 3.05) is 0 Å². The van der Waals surface area contributed by atoms with Crippen LogP contribution in [0.1, 0.15) is 15.9 Å². The van der Waals surface area contributed by atoms with Crippen LogP contribution in [0.2, 0.25) is 0 Å². The lowest BCUT2D eigenvalue weighted by molar-refractivity contribution is -0.385. The molecule has 0 bridgehead atoms. The van der Waals surface area contributed by atoms with Gasteiger partial charge in [-0.25, -0.2) is 5.43 Å². The molecular formula is C12H9N3O3S. The summed E-state index contributed by atoms with van der Waals surface area (Å²) in [4.78, 5) is 21.9. The van der Waals surface area contributed by atoms with E-state index in [2.05, 4.69) is 10.5 Å². The number of hydrogen-bond acceptors (Lipinski definition) is 5. The molecule has 0 fully saturated rings. The van der Waals surface area contributed by atoms with Gasteiger partial charge in [0, 0.05) is 11.6 Å². The molecule has 0 radical (unpaired) electrons. The van der Waals surface area contributed by atoms with Crippen LogP contribution >= 0.6 is 11.3 Å². The number of carbonyl (C=O) groups excluding carboxylic acids is 1. The topological polar surface area (TPSA) is 84.6 Å². The fraction of sp³-hybridized carbons (Fsp3) is 0. The molecule has 2 aromatic rings. The quantitative estimate of drug-likeness (QED) is 0.528. The molecule has 1 aromatic heterocycles. The Morgan fingerprint density at radius 2 is 2.16 bits per heavy atom. The van der Waals surface area contributed by atoms with Gasteiger partial charge in [-0.05, 0) is 22.9 Å². The minimum Gasteiger partial charge on any atom is -0.267 e. The van der Waals surface area contributed by atoms with E-state index in [4.69, 9.17) is 0 Å². The zero-order valence-electron chi connectivity index (χ0n) is 9.65. The average molecular weight is 275 g/mol. The number of rotatable bonds is 4. The molecule has 0 aliphatic heterocycles. The number of nitrogens with one attached hydrogen (secondary N) is 1. The van der Waals surface area contributed by atoms with Gasteiger partial charge in [0.15, 0.2) is 0 Å². The lowest BCUT2D eigenvalue weighted by atomic mass is 10.2. The second kappa shape index (κ2) is 5.87. The number of carbonyl (C=O) groups is 1. The molecule has 1 N–H and O–H groups in total. The van der Waals surface area contributed by atoms with E-state index in [1.807, 2.05) is 16.8 Å². The normalized spacial score (nSPS) is 10.5. The minimum atomic E-state index is -0.612. The molecule has 1 aromatic carbocycles. The third-order valence-corrected chi connectivity index (χ3v) is 2.97. The van der Waals surface area contributed by atoms with Gasteiger partial charge in [0.2, 0.25) is 0 Å². The van der Waals surface area contributed by atoms with Gasteiger partial charge in [0.1, 0.15) is 5.56 Å². The fourth-order valence-electron chi connectivity index (χ4n) is 1.40. The maximum absolute atomic E-state index is 11.8. The molecule has 1 amide bonds. The molecule has 7 heteroatoms. The molecule has 0 saturated heterocycles. The molecule has 19 heavy (non-hydrogen) atoms. The summed E-state index contributed by atoms with van der Waals surface area (Å²) in [6, 6.07) is 7.56. The van der Waals surface area contributed by atoms with Crippen molar-refractivity contribution in [2.45, 2.75) is 0 Å². The van der Waals surface area contributed by atoms with Crippen molar-refractivity contribution in [1.82, 2.24) is 5.43 Å². The van der Waals surface area contributed by atoms with Crippen molar-refractivity contribution in [2.24, 2.45) is 5.10 Å². The van der Waals surface area contributed by atoms with Crippen molar-refractivity contribution < 1.29 is 9.72 Å². The Kier molecular flexibility index (Phi) is 3.99. The average Bonchev–Trinajstić information content (AvgIpc) is 2.91. The van der Waals surface area contributed by atoms with E-state index in [1.54, 1.807) is 6.07 Å². The van der Waals surface area contributed by atoms with Crippen molar-refractivity contribution in [3.05, 3.63) is 62.3 Å². The lowest BCUT2D eigenvalue weighted by Crippen LogP contribution is -2.18. The Morgan fingerprint density at radius 1 is 1.37 bits per heavy atom. The molecule has 0 atom stereocenters. The fourth-order valence-corrected chi connectivity index (χ4v) is 2.01. The van der Waals surface area contributed by atoms with Crippen LogP contribution in [-0.4, -0.2) is 17.0 Å². The van der Waals surface area contributed by atoms with E-state index in [0.717, 1.165) is 5.56 Å². The van der Waals surface area contributed by atoms with Gasteiger partial charge in [-0.2, -0.15) is 16.4 Å². The monoisotopic (exact) mass is 275 g/mol. The molecule has 2 rings (SSSR count). The van der Waals surface area contributed by atoms with Gasteiger partial charge in [-0.15, -0.1) is 0 Å². The van der Waals surface area contributed by atoms with Gasteiger partial charge in [0.05, 0.1) is 11.1 Å². The van der Waals surface area contributed by atoms with Gasteiger partial charge >= 0.3 is 0 Å². The number of amides is 1. The molecule has 0 spiro atoms. The third kappa shape index (κ3) is 3.23.